The molecule has 1 N–H and O–H groups in total. The van der Waals surface area contributed by atoms with Gasteiger partial charge < -0.3 is 9.84 Å². The molecule has 2 unspecified atom stereocenters. The summed E-state index contributed by atoms with van der Waals surface area (Å²) in [5.74, 6) is -0.380. The monoisotopic (exact) mass is 287 g/mol. The van der Waals surface area contributed by atoms with E-state index in [2.05, 4.69) is 11.8 Å². The van der Waals surface area contributed by atoms with Crippen molar-refractivity contribution in [3.8, 4) is 0 Å². The standard InChI is InChI=1S/C14H19ClFNO2/c1-2-17-5-6-19-14(9-17)13(18)7-10-3-4-11(15)8-12(10)16/h3-4,8,13-14,18H,2,5-7,9H2,1H3. The Kier molecular flexibility index (Phi) is 5.16. The molecule has 0 saturated carbocycles. The smallest absolute Gasteiger partial charge is 0.127 e. The van der Waals surface area contributed by atoms with Gasteiger partial charge >= 0.3 is 0 Å². The maximum Gasteiger partial charge on any atom is 0.127 e. The molecule has 0 aromatic heterocycles. The molecule has 0 bridgehead atoms. The van der Waals surface area contributed by atoms with E-state index in [9.17, 15) is 9.50 Å². The van der Waals surface area contributed by atoms with Gasteiger partial charge in [-0.1, -0.05) is 24.6 Å². The highest BCUT2D eigenvalue weighted by molar-refractivity contribution is 6.30. The van der Waals surface area contributed by atoms with Gasteiger partial charge in [0.25, 0.3) is 0 Å². The third-order valence-corrected chi connectivity index (χ3v) is 3.73. The van der Waals surface area contributed by atoms with Crippen molar-refractivity contribution in [2.45, 2.75) is 25.6 Å². The van der Waals surface area contributed by atoms with Crippen LogP contribution < -0.4 is 0 Å². The zero-order valence-corrected chi connectivity index (χ0v) is 11.7. The minimum atomic E-state index is -0.704. The van der Waals surface area contributed by atoms with Crippen LogP contribution >= 0.6 is 11.6 Å². The van der Waals surface area contributed by atoms with E-state index in [4.69, 9.17) is 16.3 Å². The van der Waals surface area contributed by atoms with Crippen LogP contribution in [0.15, 0.2) is 18.2 Å². The Labute approximate surface area is 117 Å². The van der Waals surface area contributed by atoms with Crippen LogP contribution in [0.2, 0.25) is 5.02 Å². The molecular formula is C14H19ClFNO2. The van der Waals surface area contributed by atoms with Crippen molar-refractivity contribution < 1.29 is 14.2 Å². The quantitative estimate of drug-likeness (QED) is 0.921. The highest BCUT2D eigenvalue weighted by Gasteiger charge is 2.26. The molecule has 1 aliphatic heterocycles. The van der Waals surface area contributed by atoms with Gasteiger partial charge in [0.15, 0.2) is 0 Å². The van der Waals surface area contributed by atoms with E-state index in [0.29, 0.717) is 23.7 Å². The van der Waals surface area contributed by atoms with Crippen molar-refractivity contribution >= 4 is 11.6 Å². The Morgan fingerprint density at radius 1 is 1.58 bits per heavy atom. The predicted molar refractivity (Wildman–Crippen MR) is 73.0 cm³/mol. The predicted octanol–water partition coefficient (Wildman–Crippen LogP) is 2.10. The van der Waals surface area contributed by atoms with E-state index in [0.717, 1.165) is 13.1 Å². The number of aliphatic hydroxyl groups excluding tert-OH is 1. The first-order chi connectivity index (χ1) is 9.10. The number of rotatable bonds is 4. The molecule has 1 fully saturated rings. The van der Waals surface area contributed by atoms with Crippen LogP contribution in [0.4, 0.5) is 4.39 Å². The lowest BCUT2D eigenvalue weighted by molar-refractivity contribution is -0.0869. The van der Waals surface area contributed by atoms with Crippen molar-refractivity contribution in [2.75, 3.05) is 26.2 Å². The summed E-state index contributed by atoms with van der Waals surface area (Å²) in [6.07, 6.45) is -0.723. The Morgan fingerprint density at radius 2 is 2.37 bits per heavy atom. The summed E-state index contributed by atoms with van der Waals surface area (Å²) in [6.45, 7) is 5.19. The third kappa shape index (κ3) is 3.89. The number of likely N-dealkylation sites (N-methyl/N-ethyl adjacent to an activating group) is 1. The van der Waals surface area contributed by atoms with Gasteiger partial charge in [0.1, 0.15) is 5.82 Å². The van der Waals surface area contributed by atoms with Crippen molar-refractivity contribution in [2.24, 2.45) is 0 Å². The molecule has 5 heteroatoms. The Hall–Kier alpha value is -0.680. The second-order valence-corrected chi connectivity index (χ2v) is 5.25. The fourth-order valence-corrected chi connectivity index (χ4v) is 2.45. The van der Waals surface area contributed by atoms with E-state index < -0.39 is 6.10 Å². The summed E-state index contributed by atoms with van der Waals surface area (Å²) in [4.78, 5) is 2.22. The minimum absolute atomic E-state index is 0.241. The molecule has 1 saturated heterocycles. The number of hydrogen-bond donors (Lipinski definition) is 1. The second-order valence-electron chi connectivity index (χ2n) is 4.81. The Morgan fingerprint density at radius 3 is 3.05 bits per heavy atom. The van der Waals surface area contributed by atoms with Crippen LogP contribution in [0.5, 0.6) is 0 Å². The van der Waals surface area contributed by atoms with Gasteiger partial charge in [-0.15, -0.1) is 0 Å². The van der Waals surface area contributed by atoms with Crippen LogP contribution in [-0.4, -0.2) is 48.5 Å². The third-order valence-electron chi connectivity index (χ3n) is 3.50. The molecule has 1 aliphatic rings. The fourth-order valence-electron chi connectivity index (χ4n) is 2.30. The van der Waals surface area contributed by atoms with Crippen LogP contribution in [-0.2, 0) is 11.2 Å². The molecule has 3 nitrogen and oxygen atoms in total. The normalized spacial score (nSPS) is 22.4. The number of ether oxygens (including phenoxy) is 1. The number of hydrogen-bond acceptors (Lipinski definition) is 3. The van der Waals surface area contributed by atoms with Crippen LogP contribution in [0, 0.1) is 5.82 Å². The molecule has 0 aliphatic carbocycles. The molecule has 0 amide bonds. The largest absolute Gasteiger partial charge is 0.390 e. The number of benzene rings is 1. The van der Waals surface area contributed by atoms with Gasteiger partial charge in [-0.25, -0.2) is 4.39 Å². The van der Waals surface area contributed by atoms with Gasteiger partial charge in [0.05, 0.1) is 18.8 Å². The van der Waals surface area contributed by atoms with Gasteiger partial charge in [-0.3, -0.25) is 4.90 Å². The SMILES string of the molecule is CCN1CCOC(C(O)Cc2ccc(Cl)cc2F)C1. The molecule has 2 atom stereocenters. The molecule has 1 aromatic carbocycles. The van der Waals surface area contributed by atoms with Gasteiger partial charge in [0, 0.05) is 24.5 Å². The lowest BCUT2D eigenvalue weighted by Gasteiger charge is -2.34. The highest BCUT2D eigenvalue weighted by Crippen LogP contribution is 2.18. The van der Waals surface area contributed by atoms with Crippen molar-refractivity contribution in [3.05, 3.63) is 34.6 Å². The van der Waals surface area contributed by atoms with Crippen molar-refractivity contribution in [3.63, 3.8) is 0 Å². The maximum atomic E-state index is 13.7. The summed E-state index contributed by atoms with van der Waals surface area (Å²) in [7, 11) is 0. The minimum Gasteiger partial charge on any atom is -0.390 e. The van der Waals surface area contributed by atoms with E-state index >= 15 is 0 Å². The highest BCUT2D eigenvalue weighted by atomic mass is 35.5. The number of halogens is 2. The molecule has 0 spiro atoms. The lowest BCUT2D eigenvalue weighted by atomic mass is 10.0. The van der Waals surface area contributed by atoms with Gasteiger partial charge in [-0.05, 0) is 24.2 Å². The number of morpholine rings is 1. The van der Waals surface area contributed by atoms with Gasteiger partial charge in [-0.2, -0.15) is 0 Å². The molecule has 0 radical (unpaired) electrons. The van der Waals surface area contributed by atoms with E-state index in [1.165, 1.54) is 6.07 Å². The molecule has 19 heavy (non-hydrogen) atoms. The van der Waals surface area contributed by atoms with Crippen LogP contribution in [0.3, 0.4) is 0 Å². The summed E-state index contributed by atoms with van der Waals surface area (Å²) < 4.78 is 19.2. The topological polar surface area (TPSA) is 32.7 Å². The van der Waals surface area contributed by atoms with Crippen LogP contribution in [0.25, 0.3) is 0 Å². The average Bonchev–Trinajstić information content (AvgIpc) is 2.42. The summed E-state index contributed by atoms with van der Waals surface area (Å²) in [5.41, 5.74) is 0.467. The first kappa shape index (κ1) is 14.7. The summed E-state index contributed by atoms with van der Waals surface area (Å²) in [6, 6.07) is 4.51. The lowest BCUT2D eigenvalue weighted by Crippen LogP contribution is -2.48. The molecule has 2 rings (SSSR count). The zero-order valence-electron chi connectivity index (χ0n) is 11.0. The van der Waals surface area contributed by atoms with E-state index in [1.807, 2.05) is 0 Å². The van der Waals surface area contributed by atoms with E-state index in [1.54, 1.807) is 12.1 Å². The summed E-state index contributed by atoms with van der Waals surface area (Å²) in [5, 5.41) is 10.5. The van der Waals surface area contributed by atoms with E-state index in [-0.39, 0.29) is 18.3 Å². The number of nitrogens with zero attached hydrogens (tertiary/aromatic N) is 1. The van der Waals surface area contributed by atoms with Gasteiger partial charge in [0.2, 0.25) is 0 Å². The molecule has 106 valence electrons. The fraction of sp³-hybridized carbons (Fsp3) is 0.571. The van der Waals surface area contributed by atoms with Crippen molar-refractivity contribution in [1.29, 1.82) is 0 Å². The summed E-state index contributed by atoms with van der Waals surface area (Å²) >= 11 is 5.71. The molecular weight excluding hydrogens is 269 g/mol. The Balaban J connectivity index is 1.98. The number of aliphatic hydroxyl groups is 1. The second kappa shape index (κ2) is 6.66. The van der Waals surface area contributed by atoms with Crippen LogP contribution in [0.1, 0.15) is 12.5 Å². The Bertz CT molecular complexity index is 430. The van der Waals surface area contributed by atoms with Crippen molar-refractivity contribution in [1.82, 2.24) is 4.90 Å². The first-order valence-electron chi connectivity index (χ1n) is 6.56. The zero-order chi connectivity index (χ0) is 13.8. The molecule has 1 aromatic rings. The average molecular weight is 288 g/mol. The maximum absolute atomic E-state index is 13.7. The molecule has 1 heterocycles. The first-order valence-corrected chi connectivity index (χ1v) is 6.94.